The van der Waals surface area contributed by atoms with Crippen LogP contribution in [0.25, 0.3) is 0 Å². The van der Waals surface area contributed by atoms with Crippen molar-refractivity contribution in [2.24, 2.45) is 0 Å². The molecule has 1 aromatic carbocycles. The molecule has 27 heavy (non-hydrogen) atoms. The van der Waals surface area contributed by atoms with Gasteiger partial charge in [-0.1, -0.05) is 11.6 Å². The molecule has 0 radical (unpaired) electrons. The number of hydrogen-bond acceptors (Lipinski definition) is 6. The van der Waals surface area contributed by atoms with E-state index in [1.54, 1.807) is 43.6 Å². The minimum atomic E-state index is -0.314. The third kappa shape index (κ3) is 4.73. The van der Waals surface area contributed by atoms with Crippen LogP contribution in [0, 0.1) is 0 Å². The Morgan fingerprint density at radius 3 is 2.89 bits per heavy atom. The zero-order valence-electron chi connectivity index (χ0n) is 14.8. The second-order valence-electron chi connectivity index (χ2n) is 5.69. The lowest BCUT2D eigenvalue weighted by Gasteiger charge is -2.11. The number of H-pyrrole nitrogens is 1. The SMILES string of the molecule is COc1ccc(OCc2cc(C(=O)NC(C)c3ccncn3)n[nH]2)c(Cl)c1. The van der Waals surface area contributed by atoms with Gasteiger partial charge < -0.3 is 14.8 Å². The maximum absolute atomic E-state index is 12.3. The van der Waals surface area contributed by atoms with Crippen molar-refractivity contribution in [2.75, 3.05) is 7.11 Å². The monoisotopic (exact) mass is 387 g/mol. The number of amides is 1. The summed E-state index contributed by atoms with van der Waals surface area (Å²) in [6, 6.07) is 8.23. The molecule has 0 spiro atoms. The fourth-order valence-electron chi connectivity index (χ4n) is 2.33. The van der Waals surface area contributed by atoms with Crippen LogP contribution >= 0.6 is 11.6 Å². The van der Waals surface area contributed by atoms with Gasteiger partial charge in [-0.3, -0.25) is 9.89 Å². The predicted octanol–water partition coefficient (Wildman–Crippen LogP) is 2.93. The number of nitrogens with zero attached hydrogens (tertiary/aromatic N) is 3. The average molecular weight is 388 g/mol. The third-order valence-electron chi connectivity index (χ3n) is 3.78. The predicted molar refractivity (Wildman–Crippen MR) is 98.8 cm³/mol. The number of rotatable bonds is 7. The number of ether oxygens (including phenoxy) is 2. The highest BCUT2D eigenvalue weighted by Gasteiger charge is 2.15. The first-order valence-electron chi connectivity index (χ1n) is 8.14. The van der Waals surface area contributed by atoms with E-state index >= 15 is 0 Å². The van der Waals surface area contributed by atoms with Crippen LogP contribution in [-0.2, 0) is 6.61 Å². The zero-order valence-corrected chi connectivity index (χ0v) is 15.5. The topological polar surface area (TPSA) is 102 Å². The highest BCUT2D eigenvalue weighted by atomic mass is 35.5. The molecular weight excluding hydrogens is 370 g/mol. The molecule has 2 heterocycles. The Labute approximate surface area is 160 Å². The van der Waals surface area contributed by atoms with Crippen LogP contribution in [0.15, 0.2) is 42.9 Å². The summed E-state index contributed by atoms with van der Waals surface area (Å²) in [5.41, 5.74) is 1.61. The second kappa shape index (κ2) is 8.50. The first-order chi connectivity index (χ1) is 13.1. The van der Waals surface area contributed by atoms with Gasteiger partial charge in [0, 0.05) is 12.3 Å². The van der Waals surface area contributed by atoms with Gasteiger partial charge in [0.1, 0.15) is 30.1 Å². The van der Waals surface area contributed by atoms with Gasteiger partial charge in [0.05, 0.1) is 29.6 Å². The number of benzene rings is 1. The number of nitrogens with one attached hydrogen (secondary N) is 2. The normalized spacial score (nSPS) is 11.7. The first-order valence-corrected chi connectivity index (χ1v) is 8.52. The van der Waals surface area contributed by atoms with Gasteiger partial charge in [-0.2, -0.15) is 5.10 Å². The molecule has 1 unspecified atom stereocenters. The highest BCUT2D eigenvalue weighted by molar-refractivity contribution is 6.32. The molecule has 8 nitrogen and oxygen atoms in total. The number of hydrogen-bond donors (Lipinski definition) is 2. The Morgan fingerprint density at radius 2 is 2.19 bits per heavy atom. The number of halogens is 1. The Bertz CT molecular complexity index is 916. The van der Waals surface area contributed by atoms with Gasteiger partial charge in [0.25, 0.3) is 5.91 Å². The summed E-state index contributed by atoms with van der Waals surface area (Å²) in [6.45, 7) is 2.02. The Kier molecular flexibility index (Phi) is 5.87. The molecule has 0 saturated carbocycles. The molecule has 140 valence electrons. The van der Waals surface area contributed by atoms with Crippen LogP contribution < -0.4 is 14.8 Å². The van der Waals surface area contributed by atoms with Crippen LogP contribution in [0.2, 0.25) is 5.02 Å². The van der Waals surface area contributed by atoms with E-state index in [1.807, 2.05) is 6.92 Å². The summed E-state index contributed by atoms with van der Waals surface area (Å²) in [6.07, 6.45) is 3.06. The van der Waals surface area contributed by atoms with Gasteiger partial charge in [0.2, 0.25) is 0 Å². The molecule has 3 rings (SSSR count). The van der Waals surface area contributed by atoms with Crippen molar-refractivity contribution >= 4 is 17.5 Å². The minimum Gasteiger partial charge on any atom is -0.497 e. The van der Waals surface area contributed by atoms with Crippen LogP contribution in [0.3, 0.4) is 0 Å². The summed E-state index contributed by atoms with van der Waals surface area (Å²) in [5.74, 6) is 0.840. The highest BCUT2D eigenvalue weighted by Crippen LogP contribution is 2.29. The van der Waals surface area contributed by atoms with E-state index in [0.29, 0.717) is 27.9 Å². The zero-order chi connectivity index (χ0) is 19.2. The molecular formula is C18H18ClN5O3. The van der Waals surface area contributed by atoms with E-state index in [4.69, 9.17) is 21.1 Å². The van der Waals surface area contributed by atoms with Crippen molar-refractivity contribution in [3.8, 4) is 11.5 Å². The Morgan fingerprint density at radius 1 is 1.33 bits per heavy atom. The summed E-state index contributed by atoms with van der Waals surface area (Å²) in [7, 11) is 1.56. The number of aromatic amines is 1. The van der Waals surface area contributed by atoms with Gasteiger partial charge >= 0.3 is 0 Å². The lowest BCUT2D eigenvalue weighted by atomic mass is 10.2. The molecule has 0 aliphatic heterocycles. The van der Waals surface area contributed by atoms with E-state index in [9.17, 15) is 4.79 Å². The number of aromatic nitrogens is 4. The van der Waals surface area contributed by atoms with Crippen LogP contribution in [0.5, 0.6) is 11.5 Å². The van der Waals surface area contributed by atoms with E-state index in [2.05, 4.69) is 25.5 Å². The molecule has 0 fully saturated rings. The quantitative estimate of drug-likeness (QED) is 0.646. The van der Waals surface area contributed by atoms with Gasteiger partial charge in [-0.05, 0) is 31.2 Å². The summed E-state index contributed by atoms with van der Waals surface area (Å²) in [4.78, 5) is 20.3. The van der Waals surface area contributed by atoms with Crippen molar-refractivity contribution < 1.29 is 14.3 Å². The van der Waals surface area contributed by atoms with Crippen molar-refractivity contribution in [1.82, 2.24) is 25.5 Å². The summed E-state index contributed by atoms with van der Waals surface area (Å²) >= 11 is 6.14. The Hall–Kier alpha value is -3.13. The van der Waals surface area contributed by atoms with Gasteiger partial charge in [0.15, 0.2) is 0 Å². The molecule has 3 aromatic rings. The maximum atomic E-state index is 12.3. The van der Waals surface area contributed by atoms with Crippen LogP contribution in [0.1, 0.15) is 34.8 Å². The largest absolute Gasteiger partial charge is 0.497 e. The van der Waals surface area contributed by atoms with Crippen molar-refractivity contribution in [2.45, 2.75) is 19.6 Å². The fraction of sp³-hybridized carbons (Fsp3) is 0.222. The van der Waals surface area contributed by atoms with Gasteiger partial charge in [-0.15, -0.1) is 0 Å². The van der Waals surface area contributed by atoms with E-state index < -0.39 is 0 Å². The lowest BCUT2D eigenvalue weighted by Crippen LogP contribution is -2.27. The van der Waals surface area contributed by atoms with Crippen LogP contribution in [-0.4, -0.2) is 33.2 Å². The van der Waals surface area contributed by atoms with Crippen molar-refractivity contribution in [1.29, 1.82) is 0 Å². The molecule has 0 aliphatic rings. The van der Waals surface area contributed by atoms with E-state index in [0.717, 1.165) is 0 Å². The molecule has 0 aliphatic carbocycles. The molecule has 1 amide bonds. The molecule has 0 saturated heterocycles. The fourth-order valence-corrected chi connectivity index (χ4v) is 2.56. The van der Waals surface area contributed by atoms with Crippen molar-refractivity contribution in [3.05, 3.63) is 65.0 Å². The average Bonchev–Trinajstić information content (AvgIpc) is 3.16. The summed E-state index contributed by atoms with van der Waals surface area (Å²) in [5, 5.41) is 10.1. The standard InChI is InChI=1S/C18H18ClN5O3/c1-11(15-5-6-20-10-21-15)22-18(25)16-7-12(23-24-16)9-27-17-4-3-13(26-2)8-14(17)19/h3-8,10-11H,9H2,1-2H3,(H,22,25)(H,23,24). The molecule has 2 aromatic heterocycles. The molecule has 0 bridgehead atoms. The minimum absolute atomic E-state index is 0.188. The van der Waals surface area contributed by atoms with E-state index in [1.165, 1.54) is 6.33 Å². The third-order valence-corrected chi connectivity index (χ3v) is 4.08. The number of carbonyl (C=O) groups is 1. The molecule has 9 heteroatoms. The lowest BCUT2D eigenvalue weighted by molar-refractivity contribution is 0.0934. The number of carbonyl (C=O) groups excluding carboxylic acids is 1. The Balaban J connectivity index is 1.58. The maximum Gasteiger partial charge on any atom is 0.272 e. The van der Waals surface area contributed by atoms with Crippen LogP contribution in [0.4, 0.5) is 0 Å². The molecule has 2 N–H and O–H groups in total. The van der Waals surface area contributed by atoms with Gasteiger partial charge in [-0.25, -0.2) is 9.97 Å². The second-order valence-corrected chi connectivity index (χ2v) is 6.10. The van der Waals surface area contributed by atoms with E-state index in [-0.39, 0.29) is 24.2 Å². The first kappa shape index (κ1) is 18.7. The summed E-state index contributed by atoms with van der Waals surface area (Å²) < 4.78 is 10.8. The van der Waals surface area contributed by atoms with Crippen molar-refractivity contribution in [3.63, 3.8) is 0 Å². The smallest absolute Gasteiger partial charge is 0.272 e. The molecule has 1 atom stereocenters. The number of methoxy groups -OCH3 is 1.